The van der Waals surface area contributed by atoms with E-state index in [4.69, 9.17) is 10.8 Å². The number of hydrogen-bond donors (Lipinski definition) is 4. The smallest absolute Gasteiger partial charge is 0.240 e. The predicted octanol–water partition coefficient (Wildman–Crippen LogP) is -0.0288. The second kappa shape index (κ2) is 5.85. The Morgan fingerprint density at radius 3 is 2.65 bits per heavy atom. The fourth-order valence-electron chi connectivity index (χ4n) is 1.29. The van der Waals surface area contributed by atoms with Crippen LogP contribution in [0, 0.1) is 0 Å². The lowest BCUT2D eigenvalue weighted by Gasteiger charge is -2.10. The quantitative estimate of drug-likeness (QED) is 0.424. The molecule has 1 rings (SSSR count). The van der Waals surface area contributed by atoms with E-state index in [9.17, 15) is 8.42 Å². The number of aliphatic hydroxyl groups excluding tert-OH is 1. The van der Waals surface area contributed by atoms with Gasteiger partial charge in [-0.25, -0.2) is 13.1 Å². The van der Waals surface area contributed by atoms with Crippen molar-refractivity contribution in [3.8, 4) is 0 Å². The summed E-state index contributed by atoms with van der Waals surface area (Å²) in [5.74, 6) is 0. The largest absolute Gasteiger partial charge is 0.397 e. The highest BCUT2D eigenvalue weighted by atomic mass is 32.2. The molecule has 0 amide bonds. The molecule has 7 heteroatoms. The fraction of sp³-hybridized carbons (Fsp3) is 0.400. The second-order valence-electron chi connectivity index (χ2n) is 3.46. The molecule has 0 aliphatic heterocycles. The molecule has 0 aliphatic carbocycles. The first-order valence-electron chi connectivity index (χ1n) is 5.19. The summed E-state index contributed by atoms with van der Waals surface area (Å²) in [5, 5.41) is 11.6. The highest BCUT2D eigenvalue weighted by molar-refractivity contribution is 7.89. The average Bonchev–Trinajstić information content (AvgIpc) is 2.31. The lowest BCUT2D eigenvalue weighted by molar-refractivity contribution is 0.292. The minimum atomic E-state index is -3.46. The van der Waals surface area contributed by atoms with Gasteiger partial charge < -0.3 is 16.2 Å². The van der Waals surface area contributed by atoms with Crippen molar-refractivity contribution in [3.63, 3.8) is 0 Å². The molecule has 0 fully saturated rings. The van der Waals surface area contributed by atoms with Gasteiger partial charge in [0.2, 0.25) is 10.0 Å². The molecule has 17 heavy (non-hydrogen) atoms. The predicted molar refractivity (Wildman–Crippen MR) is 67.3 cm³/mol. The molecule has 0 aromatic heterocycles. The molecule has 96 valence electrons. The summed E-state index contributed by atoms with van der Waals surface area (Å²) < 4.78 is 25.2. The van der Waals surface area contributed by atoms with Crippen molar-refractivity contribution in [2.45, 2.75) is 11.3 Å². The van der Waals surface area contributed by atoms with Crippen LogP contribution in [-0.4, -0.2) is 33.7 Å². The molecule has 0 spiro atoms. The first-order valence-corrected chi connectivity index (χ1v) is 6.67. The van der Waals surface area contributed by atoms with E-state index in [1.165, 1.54) is 19.2 Å². The average molecular weight is 259 g/mol. The van der Waals surface area contributed by atoms with Gasteiger partial charge in [0.1, 0.15) is 0 Å². The van der Waals surface area contributed by atoms with Crippen LogP contribution < -0.4 is 15.8 Å². The highest BCUT2D eigenvalue weighted by Gasteiger charge is 2.12. The SMILES string of the molecule is CNS(=O)(=O)c1ccc(NCCCO)c(N)c1. The Bertz CT molecular complexity index is 474. The molecule has 0 unspecified atom stereocenters. The van der Waals surface area contributed by atoms with Gasteiger partial charge in [0.05, 0.1) is 16.3 Å². The Morgan fingerprint density at radius 1 is 1.41 bits per heavy atom. The molecule has 0 heterocycles. The number of aliphatic hydroxyl groups is 1. The van der Waals surface area contributed by atoms with Gasteiger partial charge in [-0.1, -0.05) is 0 Å². The van der Waals surface area contributed by atoms with Crippen molar-refractivity contribution in [2.24, 2.45) is 0 Å². The number of nitrogens with one attached hydrogen (secondary N) is 2. The van der Waals surface area contributed by atoms with Crippen molar-refractivity contribution in [3.05, 3.63) is 18.2 Å². The van der Waals surface area contributed by atoms with Crippen LogP contribution in [0.2, 0.25) is 0 Å². The van der Waals surface area contributed by atoms with E-state index < -0.39 is 10.0 Å². The number of hydrogen-bond acceptors (Lipinski definition) is 5. The Hall–Kier alpha value is -1.31. The minimum Gasteiger partial charge on any atom is -0.397 e. The minimum absolute atomic E-state index is 0.0964. The number of nitrogens with two attached hydrogens (primary N) is 1. The molecule has 0 aliphatic rings. The molecule has 5 N–H and O–H groups in total. The summed E-state index contributed by atoms with van der Waals surface area (Å²) in [6.07, 6.45) is 0.607. The molecule has 0 radical (unpaired) electrons. The number of anilines is 2. The van der Waals surface area contributed by atoms with Crippen LogP contribution in [0.5, 0.6) is 0 Å². The van der Waals surface area contributed by atoms with Crippen LogP contribution in [0.1, 0.15) is 6.42 Å². The van der Waals surface area contributed by atoms with Gasteiger partial charge in [0.15, 0.2) is 0 Å². The van der Waals surface area contributed by atoms with Crippen LogP contribution in [0.15, 0.2) is 23.1 Å². The maximum Gasteiger partial charge on any atom is 0.240 e. The third-order valence-corrected chi connectivity index (χ3v) is 3.66. The fourth-order valence-corrected chi connectivity index (χ4v) is 2.05. The third-order valence-electron chi connectivity index (χ3n) is 2.25. The summed E-state index contributed by atoms with van der Waals surface area (Å²) >= 11 is 0. The van der Waals surface area contributed by atoms with Crippen molar-refractivity contribution in [2.75, 3.05) is 31.2 Å². The molecular formula is C10H17N3O3S. The Labute approximate surface area is 101 Å². The van der Waals surface area contributed by atoms with E-state index in [-0.39, 0.29) is 11.5 Å². The Morgan fingerprint density at radius 2 is 2.12 bits per heavy atom. The Kier molecular flexibility index (Phi) is 4.73. The van der Waals surface area contributed by atoms with Gasteiger partial charge in [0.25, 0.3) is 0 Å². The number of rotatable bonds is 6. The van der Waals surface area contributed by atoms with Gasteiger partial charge in [-0.2, -0.15) is 0 Å². The topological polar surface area (TPSA) is 104 Å². The molecule has 1 aromatic rings. The maximum atomic E-state index is 11.5. The third kappa shape index (κ3) is 3.58. The Balaban J connectivity index is 2.87. The summed E-state index contributed by atoms with van der Waals surface area (Å²) in [5.41, 5.74) is 6.76. The van der Waals surface area contributed by atoms with Crippen molar-refractivity contribution in [1.29, 1.82) is 0 Å². The molecular weight excluding hydrogens is 242 g/mol. The van der Waals surface area contributed by atoms with E-state index in [0.29, 0.717) is 24.3 Å². The molecule has 1 aromatic carbocycles. The van der Waals surface area contributed by atoms with Crippen LogP contribution in [0.3, 0.4) is 0 Å². The zero-order chi connectivity index (χ0) is 12.9. The van der Waals surface area contributed by atoms with Gasteiger partial charge in [-0.05, 0) is 31.7 Å². The van der Waals surface area contributed by atoms with E-state index >= 15 is 0 Å². The van der Waals surface area contributed by atoms with E-state index in [0.717, 1.165) is 0 Å². The van der Waals surface area contributed by atoms with Crippen molar-refractivity contribution in [1.82, 2.24) is 4.72 Å². The zero-order valence-electron chi connectivity index (χ0n) is 9.60. The standard InChI is InChI=1S/C10H17N3O3S/c1-12-17(15,16)8-3-4-10(9(11)7-8)13-5-2-6-14/h3-4,7,12-14H,2,5-6,11H2,1H3. The van der Waals surface area contributed by atoms with E-state index in [1.807, 2.05) is 0 Å². The van der Waals surface area contributed by atoms with Crippen molar-refractivity contribution >= 4 is 21.4 Å². The summed E-state index contributed by atoms with van der Waals surface area (Å²) in [6, 6.07) is 4.48. The monoisotopic (exact) mass is 259 g/mol. The number of nitrogen functional groups attached to an aromatic ring is 1. The zero-order valence-corrected chi connectivity index (χ0v) is 10.4. The lowest BCUT2D eigenvalue weighted by atomic mass is 10.2. The van der Waals surface area contributed by atoms with Gasteiger partial charge >= 0.3 is 0 Å². The molecule has 0 bridgehead atoms. The normalized spacial score (nSPS) is 11.4. The van der Waals surface area contributed by atoms with Crippen LogP contribution in [0.4, 0.5) is 11.4 Å². The van der Waals surface area contributed by atoms with Gasteiger partial charge in [0, 0.05) is 13.2 Å². The number of benzene rings is 1. The summed E-state index contributed by atoms with van der Waals surface area (Å²) in [6.45, 7) is 0.679. The maximum absolute atomic E-state index is 11.5. The molecule has 0 saturated carbocycles. The first kappa shape index (κ1) is 13.8. The van der Waals surface area contributed by atoms with Gasteiger partial charge in [-0.15, -0.1) is 0 Å². The first-order chi connectivity index (χ1) is 8.01. The second-order valence-corrected chi connectivity index (χ2v) is 5.35. The van der Waals surface area contributed by atoms with Crippen LogP contribution in [0.25, 0.3) is 0 Å². The van der Waals surface area contributed by atoms with Crippen LogP contribution >= 0.6 is 0 Å². The van der Waals surface area contributed by atoms with Crippen molar-refractivity contribution < 1.29 is 13.5 Å². The summed E-state index contributed by atoms with van der Waals surface area (Å²) in [4.78, 5) is 0.130. The molecule has 0 atom stereocenters. The van der Waals surface area contributed by atoms with E-state index in [1.54, 1.807) is 6.07 Å². The lowest BCUT2D eigenvalue weighted by Crippen LogP contribution is -2.18. The molecule has 0 saturated heterocycles. The number of sulfonamides is 1. The summed E-state index contributed by atoms with van der Waals surface area (Å²) in [7, 11) is -2.11. The van der Waals surface area contributed by atoms with E-state index in [2.05, 4.69) is 10.0 Å². The molecule has 6 nitrogen and oxygen atoms in total. The van der Waals surface area contributed by atoms with Gasteiger partial charge in [-0.3, -0.25) is 0 Å². The van der Waals surface area contributed by atoms with Crippen LogP contribution in [-0.2, 0) is 10.0 Å². The highest BCUT2D eigenvalue weighted by Crippen LogP contribution is 2.22.